The van der Waals surface area contributed by atoms with Gasteiger partial charge in [0.2, 0.25) is 11.8 Å². The number of H-pyrrole nitrogens is 2. The number of fused-ring (bicyclic) bond motifs is 1. The van der Waals surface area contributed by atoms with Gasteiger partial charge in [-0.05, 0) is 6.07 Å². The van der Waals surface area contributed by atoms with Gasteiger partial charge in [0, 0.05) is 5.56 Å². The van der Waals surface area contributed by atoms with Gasteiger partial charge in [-0.25, -0.2) is 9.18 Å². The Morgan fingerprint density at radius 3 is 2.68 bits per heavy atom. The van der Waals surface area contributed by atoms with Gasteiger partial charge in [0.05, 0.1) is 11.5 Å². The Morgan fingerprint density at radius 1 is 1.27 bits per heavy atom. The van der Waals surface area contributed by atoms with Crippen molar-refractivity contribution in [2.24, 2.45) is 5.73 Å². The lowest BCUT2D eigenvalue weighted by Crippen LogP contribution is -2.33. The SMILES string of the molecule is N#CC1=C(N)Oc2[nH]c(=O)[nH]c(=O)c2C1c1ccccc1F. The van der Waals surface area contributed by atoms with Crippen molar-refractivity contribution in [1.82, 2.24) is 9.97 Å². The maximum Gasteiger partial charge on any atom is 0.328 e. The van der Waals surface area contributed by atoms with Crippen LogP contribution < -0.4 is 21.7 Å². The third-order valence-corrected chi connectivity index (χ3v) is 3.33. The van der Waals surface area contributed by atoms with Crippen molar-refractivity contribution in [3.63, 3.8) is 0 Å². The molecule has 1 aromatic carbocycles. The number of nitrogens with two attached hydrogens (primary N) is 1. The van der Waals surface area contributed by atoms with Gasteiger partial charge >= 0.3 is 5.69 Å². The van der Waals surface area contributed by atoms with E-state index in [1.54, 1.807) is 6.07 Å². The van der Waals surface area contributed by atoms with E-state index in [1.165, 1.54) is 18.2 Å². The first kappa shape index (κ1) is 13.6. The fraction of sp³-hybridized carbons (Fsp3) is 0.0714. The number of hydrogen-bond donors (Lipinski definition) is 3. The summed E-state index contributed by atoms with van der Waals surface area (Å²) in [6.07, 6.45) is 0. The summed E-state index contributed by atoms with van der Waals surface area (Å²) in [4.78, 5) is 27.8. The predicted octanol–water partition coefficient (Wildman–Crippen LogP) is 0.420. The maximum absolute atomic E-state index is 14.1. The van der Waals surface area contributed by atoms with Crippen LogP contribution in [0, 0.1) is 17.1 Å². The molecular formula is C14H9FN4O3. The minimum atomic E-state index is -1.06. The molecule has 110 valence electrons. The topological polar surface area (TPSA) is 125 Å². The lowest BCUT2D eigenvalue weighted by atomic mass is 9.85. The van der Waals surface area contributed by atoms with Crippen molar-refractivity contribution in [1.29, 1.82) is 5.26 Å². The molecule has 7 nitrogen and oxygen atoms in total. The zero-order chi connectivity index (χ0) is 15.9. The number of nitriles is 1. The number of hydrogen-bond acceptors (Lipinski definition) is 5. The number of rotatable bonds is 1. The Kier molecular flexibility index (Phi) is 3.03. The van der Waals surface area contributed by atoms with Gasteiger partial charge in [-0.3, -0.25) is 14.8 Å². The smallest absolute Gasteiger partial charge is 0.328 e. The van der Waals surface area contributed by atoms with E-state index in [0.717, 1.165) is 0 Å². The molecule has 1 aromatic heterocycles. The van der Waals surface area contributed by atoms with Crippen molar-refractivity contribution in [3.8, 4) is 11.9 Å². The molecule has 8 heteroatoms. The van der Waals surface area contributed by atoms with Crippen molar-refractivity contribution in [3.05, 3.63) is 73.5 Å². The summed E-state index contributed by atoms with van der Waals surface area (Å²) < 4.78 is 19.2. The number of benzene rings is 1. The highest BCUT2D eigenvalue weighted by Crippen LogP contribution is 2.39. The van der Waals surface area contributed by atoms with Crippen LogP contribution >= 0.6 is 0 Å². The molecule has 0 aliphatic carbocycles. The summed E-state index contributed by atoms with van der Waals surface area (Å²) in [5.41, 5.74) is 4.01. The van der Waals surface area contributed by atoms with E-state index in [1.807, 2.05) is 11.1 Å². The van der Waals surface area contributed by atoms with Crippen LogP contribution in [-0.2, 0) is 0 Å². The molecule has 0 fully saturated rings. The van der Waals surface area contributed by atoms with Gasteiger partial charge in [0.15, 0.2) is 0 Å². The third kappa shape index (κ3) is 1.96. The molecule has 0 radical (unpaired) electrons. The second kappa shape index (κ2) is 4.89. The highest BCUT2D eigenvalue weighted by molar-refractivity contribution is 5.52. The first-order valence-electron chi connectivity index (χ1n) is 6.21. The fourth-order valence-electron chi connectivity index (χ4n) is 2.41. The standard InChI is InChI=1S/C14H9FN4O3/c15-8-4-2-1-3-6(8)9-7(5-16)11(17)22-13-10(9)12(20)18-14(21)19-13/h1-4,9H,17H2,(H2,18,19,20,21). The van der Waals surface area contributed by atoms with E-state index >= 15 is 0 Å². The number of halogens is 1. The van der Waals surface area contributed by atoms with Crippen molar-refractivity contribution in [2.75, 3.05) is 0 Å². The second-order valence-corrected chi connectivity index (χ2v) is 4.60. The molecule has 3 rings (SSSR count). The highest BCUT2D eigenvalue weighted by atomic mass is 19.1. The normalized spacial score (nSPS) is 16.6. The lowest BCUT2D eigenvalue weighted by molar-refractivity contribution is 0.372. The molecule has 1 aliphatic heterocycles. The van der Waals surface area contributed by atoms with Gasteiger partial charge in [-0.2, -0.15) is 5.26 Å². The molecule has 2 aromatic rings. The van der Waals surface area contributed by atoms with Gasteiger partial charge < -0.3 is 10.5 Å². The minimum Gasteiger partial charge on any atom is -0.424 e. The molecule has 1 aliphatic rings. The molecule has 1 unspecified atom stereocenters. The molecule has 4 N–H and O–H groups in total. The summed E-state index contributed by atoms with van der Waals surface area (Å²) in [6, 6.07) is 7.52. The largest absolute Gasteiger partial charge is 0.424 e. The summed E-state index contributed by atoms with van der Waals surface area (Å²) in [6.45, 7) is 0. The number of nitrogens with one attached hydrogen (secondary N) is 2. The Morgan fingerprint density at radius 2 is 2.00 bits per heavy atom. The number of nitrogens with zero attached hydrogens (tertiary/aromatic N) is 1. The average Bonchev–Trinajstić information content (AvgIpc) is 2.46. The molecule has 0 bridgehead atoms. The minimum absolute atomic E-state index is 0.0737. The molecule has 1 atom stereocenters. The average molecular weight is 300 g/mol. The summed E-state index contributed by atoms with van der Waals surface area (Å²) in [5.74, 6) is -2.15. The zero-order valence-electron chi connectivity index (χ0n) is 11.0. The van der Waals surface area contributed by atoms with Crippen LogP contribution in [-0.4, -0.2) is 9.97 Å². The van der Waals surface area contributed by atoms with E-state index in [4.69, 9.17) is 10.5 Å². The Bertz CT molecular complexity index is 952. The van der Waals surface area contributed by atoms with Crippen LogP contribution in [0.25, 0.3) is 0 Å². The Hall–Kier alpha value is -3.34. The van der Waals surface area contributed by atoms with Crippen molar-refractivity contribution >= 4 is 0 Å². The van der Waals surface area contributed by atoms with E-state index in [9.17, 15) is 19.2 Å². The number of aromatic amines is 2. The number of ether oxygens (including phenoxy) is 1. The summed E-state index contributed by atoms with van der Waals surface area (Å²) in [7, 11) is 0. The fourth-order valence-corrected chi connectivity index (χ4v) is 2.41. The number of aromatic nitrogens is 2. The van der Waals surface area contributed by atoms with E-state index in [2.05, 4.69) is 4.98 Å². The molecular weight excluding hydrogens is 291 g/mol. The van der Waals surface area contributed by atoms with Gasteiger partial charge in [0.25, 0.3) is 5.56 Å². The van der Waals surface area contributed by atoms with Gasteiger partial charge in [-0.15, -0.1) is 0 Å². The van der Waals surface area contributed by atoms with Crippen LogP contribution in [0.3, 0.4) is 0 Å². The monoisotopic (exact) mass is 300 g/mol. The first-order chi connectivity index (χ1) is 10.5. The van der Waals surface area contributed by atoms with Crippen LogP contribution in [0.5, 0.6) is 5.88 Å². The first-order valence-corrected chi connectivity index (χ1v) is 6.21. The summed E-state index contributed by atoms with van der Waals surface area (Å²) in [5, 5.41) is 9.28. The molecule has 0 amide bonds. The lowest BCUT2D eigenvalue weighted by Gasteiger charge is -2.24. The van der Waals surface area contributed by atoms with Crippen molar-refractivity contribution < 1.29 is 9.13 Å². The molecule has 22 heavy (non-hydrogen) atoms. The van der Waals surface area contributed by atoms with Crippen LogP contribution in [0.1, 0.15) is 17.0 Å². The van der Waals surface area contributed by atoms with Crippen LogP contribution in [0.2, 0.25) is 0 Å². The molecule has 2 heterocycles. The predicted molar refractivity (Wildman–Crippen MR) is 73.4 cm³/mol. The maximum atomic E-state index is 14.1. The van der Waals surface area contributed by atoms with E-state index in [-0.39, 0.29) is 28.5 Å². The molecule has 0 saturated carbocycles. The quantitative estimate of drug-likeness (QED) is 0.704. The van der Waals surface area contributed by atoms with Gasteiger partial charge in [0.1, 0.15) is 17.5 Å². The Labute approximate surface area is 122 Å². The van der Waals surface area contributed by atoms with Crippen LogP contribution in [0.4, 0.5) is 4.39 Å². The third-order valence-electron chi connectivity index (χ3n) is 3.33. The Balaban J connectivity index is 2.38. The van der Waals surface area contributed by atoms with Gasteiger partial charge in [-0.1, -0.05) is 18.2 Å². The highest BCUT2D eigenvalue weighted by Gasteiger charge is 2.35. The number of allylic oxidation sites excluding steroid dienone is 1. The second-order valence-electron chi connectivity index (χ2n) is 4.60. The van der Waals surface area contributed by atoms with Crippen molar-refractivity contribution in [2.45, 2.75) is 5.92 Å². The summed E-state index contributed by atoms with van der Waals surface area (Å²) >= 11 is 0. The molecule has 0 saturated heterocycles. The van der Waals surface area contributed by atoms with Crippen LogP contribution in [0.15, 0.2) is 45.3 Å². The van der Waals surface area contributed by atoms with E-state index < -0.39 is 23.0 Å². The van der Waals surface area contributed by atoms with E-state index in [0.29, 0.717) is 0 Å². The molecule has 0 spiro atoms. The zero-order valence-corrected chi connectivity index (χ0v) is 11.0.